The van der Waals surface area contributed by atoms with Gasteiger partial charge in [0.15, 0.2) is 5.69 Å². The molecule has 20 heavy (non-hydrogen) atoms. The third kappa shape index (κ3) is 2.72. The van der Waals surface area contributed by atoms with E-state index in [1.54, 1.807) is 24.8 Å². The van der Waals surface area contributed by atoms with Crippen LogP contribution in [0.5, 0.6) is 0 Å². The SMILES string of the molecule is CNC(C)c1ccccc1-n1ccc(C(=O)N(C)C)n1. The summed E-state index contributed by atoms with van der Waals surface area (Å²) in [7, 11) is 5.36. The summed E-state index contributed by atoms with van der Waals surface area (Å²) in [6.07, 6.45) is 1.82. The summed E-state index contributed by atoms with van der Waals surface area (Å²) < 4.78 is 1.75. The van der Waals surface area contributed by atoms with Crippen molar-refractivity contribution in [1.29, 1.82) is 0 Å². The van der Waals surface area contributed by atoms with Crippen LogP contribution in [0.15, 0.2) is 36.5 Å². The lowest BCUT2D eigenvalue weighted by Gasteiger charge is -2.15. The maximum atomic E-state index is 11.9. The molecule has 0 aliphatic rings. The van der Waals surface area contributed by atoms with Gasteiger partial charge in [-0.25, -0.2) is 4.68 Å². The highest BCUT2D eigenvalue weighted by Crippen LogP contribution is 2.20. The van der Waals surface area contributed by atoms with Crippen molar-refractivity contribution < 1.29 is 4.79 Å². The number of rotatable bonds is 4. The molecule has 0 saturated heterocycles. The minimum Gasteiger partial charge on any atom is -0.343 e. The average Bonchev–Trinajstić information content (AvgIpc) is 2.95. The molecular formula is C15H20N4O. The lowest BCUT2D eigenvalue weighted by molar-refractivity contribution is 0.0821. The van der Waals surface area contributed by atoms with Gasteiger partial charge in [-0.15, -0.1) is 0 Å². The molecule has 1 unspecified atom stereocenters. The van der Waals surface area contributed by atoms with E-state index in [2.05, 4.69) is 23.4 Å². The van der Waals surface area contributed by atoms with Gasteiger partial charge in [-0.2, -0.15) is 5.10 Å². The quantitative estimate of drug-likeness (QED) is 0.924. The number of aromatic nitrogens is 2. The van der Waals surface area contributed by atoms with Crippen LogP contribution in [0.1, 0.15) is 29.0 Å². The molecular weight excluding hydrogens is 252 g/mol. The second-order valence-corrected chi connectivity index (χ2v) is 4.91. The highest BCUT2D eigenvalue weighted by atomic mass is 16.2. The minimum atomic E-state index is -0.0945. The molecule has 106 valence electrons. The first-order valence-corrected chi connectivity index (χ1v) is 6.58. The largest absolute Gasteiger partial charge is 0.343 e. The van der Waals surface area contributed by atoms with E-state index in [-0.39, 0.29) is 11.9 Å². The van der Waals surface area contributed by atoms with E-state index in [1.807, 2.05) is 31.4 Å². The van der Waals surface area contributed by atoms with Crippen molar-refractivity contribution >= 4 is 5.91 Å². The number of nitrogens with zero attached hydrogens (tertiary/aromatic N) is 3. The molecule has 1 aromatic heterocycles. The zero-order chi connectivity index (χ0) is 14.7. The Kier molecular flexibility index (Phi) is 4.20. The van der Waals surface area contributed by atoms with E-state index >= 15 is 0 Å². The Hall–Kier alpha value is -2.14. The summed E-state index contributed by atoms with van der Waals surface area (Å²) in [5.74, 6) is -0.0945. The molecule has 0 saturated carbocycles. The van der Waals surface area contributed by atoms with Crippen LogP contribution < -0.4 is 5.32 Å². The molecule has 1 atom stereocenters. The van der Waals surface area contributed by atoms with E-state index in [1.165, 1.54) is 4.90 Å². The molecule has 1 amide bonds. The molecule has 1 aromatic carbocycles. The molecule has 2 aromatic rings. The van der Waals surface area contributed by atoms with Crippen molar-refractivity contribution in [2.75, 3.05) is 21.1 Å². The van der Waals surface area contributed by atoms with Crippen molar-refractivity contribution in [2.45, 2.75) is 13.0 Å². The second kappa shape index (κ2) is 5.88. The van der Waals surface area contributed by atoms with Gasteiger partial charge in [-0.3, -0.25) is 4.79 Å². The van der Waals surface area contributed by atoms with Gasteiger partial charge in [-0.1, -0.05) is 18.2 Å². The van der Waals surface area contributed by atoms with Gasteiger partial charge in [0.1, 0.15) is 0 Å². The third-order valence-electron chi connectivity index (χ3n) is 3.30. The minimum absolute atomic E-state index is 0.0945. The first kappa shape index (κ1) is 14.3. The van der Waals surface area contributed by atoms with Crippen LogP contribution in [-0.4, -0.2) is 41.7 Å². The number of benzene rings is 1. The van der Waals surface area contributed by atoms with Crippen LogP contribution in [0.4, 0.5) is 0 Å². The fourth-order valence-electron chi connectivity index (χ4n) is 2.02. The summed E-state index contributed by atoms with van der Waals surface area (Å²) >= 11 is 0. The first-order valence-electron chi connectivity index (χ1n) is 6.58. The third-order valence-corrected chi connectivity index (χ3v) is 3.30. The molecule has 2 rings (SSSR count). The van der Waals surface area contributed by atoms with Gasteiger partial charge in [0.2, 0.25) is 0 Å². The van der Waals surface area contributed by atoms with E-state index in [0.717, 1.165) is 11.3 Å². The molecule has 1 heterocycles. The van der Waals surface area contributed by atoms with Crippen LogP contribution in [0.3, 0.4) is 0 Å². The molecule has 0 aliphatic carbocycles. The number of amides is 1. The topological polar surface area (TPSA) is 50.2 Å². The molecule has 5 heteroatoms. The number of nitrogens with one attached hydrogen (secondary N) is 1. The van der Waals surface area contributed by atoms with Gasteiger partial charge < -0.3 is 10.2 Å². The molecule has 1 N–H and O–H groups in total. The molecule has 0 bridgehead atoms. The fraction of sp³-hybridized carbons (Fsp3) is 0.333. The van der Waals surface area contributed by atoms with Crippen LogP contribution >= 0.6 is 0 Å². The van der Waals surface area contributed by atoms with Crippen LogP contribution in [0.25, 0.3) is 5.69 Å². The summed E-state index contributed by atoms with van der Waals surface area (Å²) in [6, 6.07) is 9.98. The van der Waals surface area contributed by atoms with Crippen molar-refractivity contribution in [3.63, 3.8) is 0 Å². The number of hydrogen-bond donors (Lipinski definition) is 1. The van der Waals surface area contributed by atoms with Gasteiger partial charge >= 0.3 is 0 Å². The lowest BCUT2D eigenvalue weighted by Crippen LogP contribution is -2.22. The van der Waals surface area contributed by atoms with Crippen molar-refractivity contribution in [2.24, 2.45) is 0 Å². The Balaban J connectivity index is 2.40. The van der Waals surface area contributed by atoms with Crippen LogP contribution in [0, 0.1) is 0 Å². The van der Waals surface area contributed by atoms with Crippen LogP contribution in [0.2, 0.25) is 0 Å². The average molecular weight is 272 g/mol. The summed E-state index contributed by atoms with van der Waals surface area (Å²) in [5.41, 5.74) is 2.57. The summed E-state index contributed by atoms with van der Waals surface area (Å²) in [4.78, 5) is 13.4. The molecule has 0 fully saturated rings. The maximum Gasteiger partial charge on any atom is 0.273 e. The van der Waals surface area contributed by atoms with Crippen LogP contribution in [-0.2, 0) is 0 Å². The normalized spacial score (nSPS) is 12.2. The van der Waals surface area contributed by atoms with Gasteiger partial charge in [-0.05, 0) is 31.7 Å². The predicted octanol–water partition coefficient (Wildman–Crippen LogP) is 1.85. The van der Waals surface area contributed by atoms with E-state index in [9.17, 15) is 4.79 Å². The van der Waals surface area contributed by atoms with Crippen molar-refractivity contribution in [3.8, 4) is 5.69 Å². The Morgan fingerprint density at radius 3 is 2.65 bits per heavy atom. The fourth-order valence-corrected chi connectivity index (χ4v) is 2.02. The summed E-state index contributed by atoms with van der Waals surface area (Å²) in [6.45, 7) is 2.09. The Morgan fingerprint density at radius 2 is 2.00 bits per heavy atom. The number of hydrogen-bond acceptors (Lipinski definition) is 3. The Morgan fingerprint density at radius 1 is 1.30 bits per heavy atom. The Labute approximate surface area is 119 Å². The second-order valence-electron chi connectivity index (χ2n) is 4.91. The number of para-hydroxylation sites is 1. The standard InChI is InChI=1S/C15H20N4O/c1-11(16-2)12-7-5-6-8-14(12)19-10-9-13(17-19)15(20)18(3)4/h5-11,16H,1-4H3. The van der Waals surface area contributed by atoms with E-state index < -0.39 is 0 Å². The molecule has 0 spiro atoms. The van der Waals surface area contributed by atoms with Gasteiger partial charge in [0, 0.05) is 26.3 Å². The van der Waals surface area contributed by atoms with E-state index in [0.29, 0.717) is 5.69 Å². The van der Waals surface area contributed by atoms with E-state index in [4.69, 9.17) is 0 Å². The van der Waals surface area contributed by atoms with Gasteiger partial charge in [0.05, 0.1) is 5.69 Å². The zero-order valence-electron chi connectivity index (χ0n) is 12.3. The first-order chi connectivity index (χ1) is 9.54. The number of carbonyl (C=O) groups is 1. The monoisotopic (exact) mass is 272 g/mol. The Bertz CT molecular complexity index is 603. The zero-order valence-corrected chi connectivity index (χ0v) is 12.3. The molecule has 0 radical (unpaired) electrons. The van der Waals surface area contributed by atoms with Crippen molar-refractivity contribution in [3.05, 3.63) is 47.8 Å². The smallest absolute Gasteiger partial charge is 0.273 e. The lowest BCUT2D eigenvalue weighted by atomic mass is 10.1. The van der Waals surface area contributed by atoms with Crippen molar-refractivity contribution in [1.82, 2.24) is 20.0 Å². The highest BCUT2D eigenvalue weighted by Gasteiger charge is 2.14. The summed E-state index contributed by atoms with van der Waals surface area (Å²) in [5, 5.41) is 7.60. The number of carbonyl (C=O) groups excluding carboxylic acids is 1. The highest BCUT2D eigenvalue weighted by molar-refractivity contribution is 5.91. The van der Waals surface area contributed by atoms with Gasteiger partial charge in [0.25, 0.3) is 5.91 Å². The predicted molar refractivity (Wildman–Crippen MR) is 79.1 cm³/mol. The molecule has 0 aliphatic heterocycles. The molecule has 5 nitrogen and oxygen atoms in total. The maximum absolute atomic E-state index is 11.9.